The fourth-order valence-electron chi connectivity index (χ4n) is 10.4. The molecule has 0 N–H and O–H groups in total. The molecule has 9 aromatic rings. The number of halogens is 2. The molecule has 0 saturated carbocycles. The predicted octanol–water partition coefficient (Wildman–Crippen LogP) is 15.6. The molecule has 7 aromatic carbocycles. The van der Waals surface area contributed by atoms with Crippen molar-refractivity contribution < 1.29 is 0 Å². The molecule has 10 rings (SSSR count). The minimum Gasteiger partial charge on any atom is -0.340 e. The first-order chi connectivity index (χ1) is 27.1. The summed E-state index contributed by atoms with van der Waals surface area (Å²) in [4.78, 5) is 0. The van der Waals surface area contributed by atoms with E-state index in [-0.39, 0.29) is 5.41 Å². The van der Waals surface area contributed by atoms with Crippen LogP contribution in [0.4, 0.5) is 0 Å². The quantitative estimate of drug-likeness (QED) is 0.0762. The van der Waals surface area contributed by atoms with Gasteiger partial charge in [-0.15, -0.1) is 0 Å². The average Bonchev–Trinajstić information content (AvgIpc) is 3.80. The number of nitrogens with zero attached hydrogens (tertiary/aromatic N) is 2. The number of rotatable bonds is 14. The summed E-state index contributed by atoms with van der Waals surface area (Å²) in [6.07, 6.45) is 12.2. The highest BCUT2D eigenvalue weighted by Crippen LogP contribution is 2.55. The molecule has 2 heterocycles. The first-order valence-corrected chi connectivity index (χ1v) is 22.0. The van der Waals surface area contributed by atoms with Gasteiger partial charge in [0.25, 0.3) is 0 Å². The highest BCUT2D eigenvalue weighted by atomic mass is 79.9. The molecule has 0 radical (unpaired) electrons. The molecular formula is C51H46Br2N2. The number of aryl methyl sites for hydroxylation is 2. The van der Waals surface area contributed by atoms with Crippen molar-refractivity contribution in [3.05, 3.63) is 154 Å². The van der Waals surface area contributed by atoms with Crippen molar-refractivity contribution in [3.63, 3.8) is 0 Å². The summed E-state index contributed by atoms with van der Waals surface area (Å²) in [7, 11) is 0. The van der Waals surface area contributed by atoms with Gasteiger partial charge in [0, 0.05) is 71.1 Å². The molecule has 1 aliphatic rings. The topological polar surface area (TPSA) is 9.86 Å². The van der Waals surface area contributed by atoms with Gasteiger partial charge in [-0.25, -0.2) is 0 Å². The lowest BCUT2D eigenvalue weighted by molar-refractivity contribution is 0.397. The van der Waals surface area contributed by atoms with Gasteiger partial charge in [-0.2, -0.15) is 0 Å². The standard InChI is InChI=1S/C51H46Br2N2/c52-37-31-35-25-26-36-32-38(53)34-44-50(36)49(35)43(33-37)51(44,27-13-1-3-15-29-54-45-21-9-5-17-39(45)40-18-6-10-22-46(40)54)28-14-2-4-16-30-55-47-23-11-7-19-41(47)42-20-8-12-24-48(42)55/h5-12,17-26,31-34H,1-4,13-16,27-30H2. The van der Waals surface area contributed by atoms with E-state index >= 15 is 0 Å². The van der Waals surface area contributed by atoms with E-state index < -0.39 is 0 Å². The Morgan fingerprint density at radius 1 is 0.382 bits per heavy atom. The second-order valence-electron chi connectivity index (χ2n) is 16.0. The van der Waals surface area contributed by atoms with Gasteiger partial charge >= 0.3 is 0 Å². The van der Waals surface area contributed by atoms with Gasteiger partial charge < -0.3 is 9.13 Å². The summed E-state index contributed by atoms with van der Waals surface area (Å²) in [5.74, 6) is 0. The van der Waals surface area contributed by atoms with Crippen LogP contribution in [0, 0.1) is 0 Å². The van der Waals surface area contributed by atoms with Crippen LogP contribution in [0.3, 0.4) is 0 Å². The maximum atomic E-state index is 3.95. The fraction of sp³-hybridized carbons (Fsp3) is 0.255. The Balaban J connectivity index is 0.867. The molecule has 0 atom stereocenters. The van der Waals surface area contributed by atoms with Crippen molar-refractivity contribution in [2.24, 2.45) is 0 Å². The lowest BCUT2D eigenvalue weighted by Gasteiger charge is -2.33. The SMILES string of the molecule is Brc1cc2c3c(ccc4cc(Br)cc(c43)C2(CCCCCCn2c3ccccc3c3ccccc32)CCCCCCn2c3ccccc3c3ccccc32)c1. The van der Waals surface area contributed by atoms with Crippen LogP contribution in [0.2, 0.25) is 0 Å². The van der Waals surface area contributed by atoms with Gasteiger partial charge in [0.15, 0.2) is 0 Å². The van der Waals surface area contributed by atoms with Crippen LogP contribution in [0.5, 0.6) is 0 Å². The van der Waals surface area contributed by atoms with E-state index in [4.69, 9.17) is 0 Å². The summed E-state index contributed by atoms with van der Waals surface area (Å²) >= 11 is 7.90. The molecule has 2 nitrogen and oxygen atoms in total. The van der Waals surface area contributed by atoms with Crippen LogP contribution < -0.4 is 0 Å². The molecule has 0 spiro atoms. The van der Waals surface area contributed by atoms with E-state index in [0.717, 1.165) is 13.1 Å². The summed E-state index contributed by atoms with van der Waals surface area (Å²) in [5.41, 5.74) is 8.56. The third-order valence-corrected chi connectivity index (χ3v) is 13.7. The summed E-state index contributed by atoms with van der Waals surface area (Å²) < 4.78 is 7.50. The van der Waals surface area contributed by atoms with E-state index in [2.05, 4.69) is 174 Å². The lowest BCUT2D eigenvalue weighted by Crippen LogP contribution is -2.26. The van der Waals surface area contributed by atoms with E-state index in [1.807, 2.05) is 0 Å². The molecule has 2 aromatic heterocycles. The van der Waals surface area contributed by atoms with Gasteiger partial charge in [0.05, 0.1) is 0 Å². The van der Waals surface area contributed by atoms with Gasteiger partial charge in [-0.1, -0.05) is 155 Å². The highest BCUT2D eigenvalue weighted by molar-refractivity contribution is 9.10. The molecule has 274 valence electrons. The molecule has 0 aliphatic heterocycles. The third kappa shape index (κ3) is 6.03. The van der Waals surface area contributed by atoms with E-state index in [1.165, 1.54) is 138 Å². The van der Waals surface area contributed by atoms with Crippen molar-refractivity contribution in [2.45, 2.75) is 82.7 Å². The molecule has 0 amide bonds. The normalized spacial score (nSPS) is 13.6. The molecule has 4 heteroatoms. The van der Waals surface area contributed by atoms with Crippen LogP contribution in [-0.4, -0.2) is 9.13 Å². The zero-order valence-electron chi connectivity index (χ0n) is 31.3. The van der Waals surface area contributed by atoms with Crippen LogP contribution >= 0.6 is 31.9 Å². The van der Waals surface area contributed by atoms with Crippen LogP contribution in [0.15, 0.2) is 142 Å². The first kappa shape index (κ1) is 35.1. The number of unbranched alkanes of at least 4 members (excludes halogenated alkanes) is 6. The minimum atomic E-state index is 0.0212. The van der Waals surface area contributed by atoms with Crippen LogP contribution in [0.25, 0.3) is 65.2 Å². The summed E-state index contributed by atoms with van der Waals surface area (Å²) in [5, 5.41) is 11.2. The van der Waals surface area contributed by atoms with E-state index in [0.29, 0.717) is 0 Å². The molecule has 0 bridgehead atoms. The van der Waals surface area contributed by atoms with E-state index in [9.17, 15) is 0 Å². The first-order valence-electron chi connectivity index (χ1n) is 20.4. The molecule has 0 fully saturated rings. The second kappa shape index (κ2) is 14.6. The Morgan fingerprint density at radius 2 is 0.727 bits per heavy atom. The fourth-order valence-corrected chi connectivity index (χ4v) is 11.4. The number of benzene rings is 7. The molecule has 55 heavy (non-hydrogen) atoms. The Bertz CT molecular complexity index is 2570. The maximum absolute atomic E-state index is 3.95. The number of fused-ring (bicyclic) bond motifs is 6. The second-order valence-corrected chi connectivity index (χ2v) is 17.8. The molecule has 0 saturated heterocycles. The van der Waals surface area contributed by atoms with Gasteiger partial charge in [-0.3, -0.25) is 0 Å². The zero-order chi connectivity index (χ0) is 36.9. The average molecular weight is 847 g/mol. The van der Waals surface area contributed by atoms with Crippen molar-refractivity contribution in [1.29, 1.82) is 0 Å². The summed E-state index contributed by atoms with van der Waals surface area (Å²) in [6.45, 7) is 2.13. The predicted molar refractivity (Wildman–Crippen MR) is 243 cm³/mol. The number of hydrogen-bond donors (Lipinski definition) is 0. The minimum absolute atomic E-state index is 0.0212. The van der Waals surface area contributed by atoms with Crippen molar-refractivity contribution in [2.75, 3.05) is 0 Å². The number of para-hydroxylation sites is 4. The zero-order valence-corrected chi connectivity index (χ0v) is 34.5. The molecule has 1 aliphatic carbocycles. The van der Waals surface area contributed by atoms with Crippen LogP contribution in [-0.2, 0) is 18.5 Å². The summed E-state index contributed by atoms with van der Waals surface area (Å²) in [6, 6.07) is 49.9. The smallest absolute Gasteiger partial charge is 0.0491 e. The highest BCUT2D eigenvalue weighted by Gasteiger charge is 2.41. The maximum Gasteiger partial charge on any atom is 0.0491 e. The van der Waals surface area contributed by atoms with Gasteiger partial charge in [0.1, 0.15) is 0 Å². The van der Waals surface area contributed by atoms with Crippen molar-refractivity contribution in [3.8, 4) is 0 Å². The van der Waals surface area contributed by atoms with Gasteiger partial charge in [-0.05, 0) is 107 Å². The van der Waals surface area contributed by atoms with Crippen molar-refractivity contribution in [1.82, 2.24) is 9.13 Å². The molecular weight excluding hydrogens is 800 g/mol. The Labute approximate surface area is 340 Å². The number of hydrogen-bond acceptors (Lipinski definition) is 0. The third-order valence-electron chi connectivity index (χ3n) is 12.8. The Kier molecular flexibility index (Phi) is 9.31. The van der Waals surface area contributed by atoms with Gasteiger partial charge in [0.2, 0.25) is 0 Å². The lowest BCUT2D eigenvalue weighted by atomic mass is 9.70. The largest absolute Gasteiger partial charge is 0.340 e. The van der Waals surface area contributed by atoms with Crippen molar-refractivity contribution >= 4 is 97.0 Å². The molecule has 0 unspecified atom stereocenters. The van der Waals surface area contributed by atoms with E-state index in [1.54, 1.807) is 11.1 Å². The van der Waals surface area contributed by atoms with Crippen LogP contribution in [0.1, 0.15) is 75.3 Å². The number of aromatic nitrogens is 2. The monoisotopic (exact) mass is 844 g/mol. The Hall–Kier alpha value is -4.38. The Morgan fingerprint density at radius 3 is 1.11 bits per heavy atom.